The van der Waals surface area contributed by atoms with E-state index in [0.29, 0.717) is 21.4 Å². The Kier molecular flexibility index (Phi) is 5.93. The van der Waals surface area contributed by atoms with Gasteiger partial charge in [0, 0.05) is 17.8 Å². The van der Waals surface area contributed by atoms with Crippen molar-refractivity contribution in [1.82, 2.24) is 4.90 Å². The highest BCUT2D eigenvalue weighted by Gasteiger charge is 2.27. The van der Waals surface area contributed by atoms with Gasteiger partial charge in [-0.1, -0.05) is 35.5 Å². The number of hydrogen-bond donors (Lipinski definition) is 1. The number of carbonyl (C=O) groups is 2. The van der Waals surface area contributed by atoms with Crippen LogP contribution in [0.5, 0.6) is 0 Å². The van der Waals surface area contributed by atoms with E-state index < -0.39 is 0 Å². The van der Waals surface area contributed by atoms with Crippen LogP contribution in [-0.2, 0) is 9.59 Å². The number of nitrogens with zero attached hydrogens (tertiary/aromatic N) is 2. The molecule has 0 atom stereocenters. The lowest BCUT2D eigenvalue weighted by molar-refractivity contribution is -0.121. The SMILES string of the molecule is CN1C(=O)/C(=C/c2cccc(F)c2)N=C1SCC(=O)Nc1ccc(Cl)cc1. The van der Waals surface area contributed by atoms with E-state index in [0.717, 1.165) is 11.8 Å². The fraction of sp³-hybridized carbons (Fsp3) is 0.105. The molecule has 0 aliphatic carbocycles. The average molecular weight is 404 g/mol. The highest BCUT2D eigenvalue weighted by atomic mass is 35.5. The minimum absolute atomic E-state index is 0.0896. The number of halogens is 2. The predicted molar refractivity (Wildman–Crippen MR) is 107 cm³/mol. The van der Waals surface area contributed by atoms with E-state index in [1.807, 2.05) is 0 Å². The molecule has 1 aliphatic rings. The molecule has 27 heavy (non-hydrogen) atoms. The number of benzene rings is 2. The summed E-state index contributed by atoms with van der Waals surface area (Å²) in [5, 5.41) is 3.74. The van der Waals surface area contributed by atoms with Crippen molar-refractivity contribution in [1.29, 1.82) is 0 Å². The second-order valence-electron chi connectivity index (χ2n) is 5.69. The van der Waals surface area contributed by atoms with Crippen LogP contribution in [0.15, 0.2) is 59.2 Å². The maximum absolute atomic E-state index is 13.3. The van der Waals surface area contributed by atoms with E-state index in [9.17, 15) is 14.0 Å². The Labute approximate surface area is 164 Å². The molecule has 0 fully saturated rings. The van der Waals surface area contributed by atoms with Gasteiger partial charge in [0.1, 0.15) is 11.5 Å². The first-order valence-electron chi connectivity index (χ1n) is 7.94. The first kappa shape index (κ1) is 19.1. The summed E-state index contributed by atoms with van der Waals surface area (Å²) < 4.78 is 13.3. The Morgan fingerprint density at radius 2 is 2.04 bits per heavy atom. The molecular formula is C19H15ClFN3O2S. The minimum atomic E-state index is -0.388. The lowest BCUT2D eigenvalue weighted by atomic mass is 10.2. The van der Waals surface area contributed by atoms with Gasteiger partial charge in [0.2, 0.25) is 5.91 Å². The second-order valence-corrected chi connectivity index (χ2v) is 7.07. The van der Waals surface area contributed by atoms with Gasteiger partial charge in [0.25, 0.3) is 5.91 Å². The molecule has 0 aromatic heterocycles. The van der Waals surface area contributed by atoms with Crippen molar-refractivity contribution in [3.05, 3.63) is 70.6 Å². The number of nitrogens with one attached hydrogen (secondary N) is 1. The van der Waals surface area contributed by atoms with Gasteiger partial charge in [0.05, 0.1) is 5.75 Å². The van der Waals surface area contributed by atoms with E-state index in [-0.39, 0.29) is 29.1 Å². The number of hydrogen-bond acceptors (Lipinski definition) is 4. The molecule has 0 saturated carbocycles. The quantitative estimate of drug-likeness (QED) is 0.784. The maximum Gasteiger partial charge on any atom is 0.278 e. The molecule has 1 N–H and O–H groups in total. The number of carbonyl (C=O) groups excluding carboxylic acids is 2. The second kappa shape index (κ2) is 8.37. The van der Waals surface area contributed by atoms with Crippen molar-refractivity contribution in [2.75, 3.05) is 18.1 Å². The summed E-state index contributed by atoms with van der Waals surface area (Å²) in [6.07, 6.45) is 1.52. The average Bonchev–Trinajstić information content (AvgIpc) is 2.90. The standard InChI is InChI=1S/C19H15ClFN3O2S/c1-24-18(26)16(10-12-3-2-4-14(21)9-12)23-19(24)27-11-17(25)22-15-7-5-13(20)6-8-15/h2-10H,11H2,1H3,(H,22,25)/b16-10-. The number of amidine groups is 1. The molecule has 8 heteroatoms. The van der Waals surface area contributed by atoms with Crippen LogP contribution < -0.4 is 5.32 Å². The Morgan fingerprint density at radius 3 is 2.74 bits per heavy atom. The van der Waals surface area contributed by atoms with Crippen molar-refractivity contribution < 1.29 is 14.0 Å². The summed E-state index contributed by atoms with van der Waals surface area (Å²) in [4.78, 5) is 30.0. The van der Waals surface area contributed by atoms with Crippen LogP contribution in [0.2, 0.25) is 5.02 Å². The van der Waals surface area contributed by atoms with E-state index in [1.165, 1.54) is 23.1 Å². The first-order chi connectivity index (χ1) is 12.9. The number of likely N-dealkylation sites (N-methyl/N-ethyl adjacent to an activating group) is 1. The van der Waals surface area contributed by atoms with Crippen LogP contribution in [0.1, 0.15) is 5.56 Å². The van der Waals surface area contributed by atoms with Gasteiger partial charge in [-0.25, -0.2) is 9.38 Å². The number of anilines is 1. The van der Waals surface area contributed by atoms with Crippen LogP contribution in [0.4, 0.5) is 10.1 Å². The molecule has 0 bridgehead atoms. The van der Waals surface area contributed by atoms with E-state index >= 15 is 0 Å². The van der Waals surface area contributed by atoms with Gasteiger partial charge < -0.3 is 5.32 Å². The van der Waals surface area contributed by atoms with Crippen LogP contribution in [-0.4, -0.2) is 34.7 Å². The molecule has 1 heterocycles. The Balaban J connectivity index is 1.64. The Morgan fingerprint density at radius 1 is 1.30 bits per heavy atom. The van der Waals surface area contributed by atoms with Gasteiger partial charge in [-0.3, -0.25) is 14.5 Å². The molecule has 1 aliphatic heterocycles. The molecule has 3 rings (SSSR count). The third kappa shape index (κ3) is 4.96. The smallest absolute Gasteiger partial charge is 0.278 e. The van der Waals surface area contributed by atoms with Crippen molar-refractivity contribution in [3.63, 3.8) is 0 Å². The normalized spacial score (nSPS) is 15.2. The number of amides is 2. The van der Waals surface area contributed by atoms with Gasteiger partial charge >= 0.3 is 0 Å². The summed E-state index contributed by atoms with van der Waals surface area (Å²) in [6, 6.07) is 12.7. The largest absolute Gasteiger partial charge is 0.325 e. The van der Waals surface area contributed by atoms with E-state index in [2.05, 4.69) is 10.3 Å². The summed E-state index contributed by atoms with van der Waals surface area (Å²) >= 11 is 6.96. The first-order valence-corrected chi connectivity index (χ1v) is 9.31. The topological polar surface area (TPSA) is 61.8 Å². The van der Waals surface area contributed by atoms with Crippen LogP contribution in [0, 0.1) is 5.82 Å². The third-order valence-corrected chi connectivity index (χ3v) is 4.92. The highest BCUT2D eigenvalue weighted by Crippen LogP contribution is 2.23. The lowest BCUT2D eigenvalue weighted by Gasteiger charge is -2.10. The summed E-state index contributed by atoms with van der Waals surface area (Å²) in [6.45, 7) is 0. The maximum atomic E-state index is 13.3. The van der Waals surface area contributed by atoms with Crippen molar-refractivity contribution in [2.45, 2.75) is 0 Å². The number of thioether (sulfide) groups is 1. The van der Waals surface area contributed by atoms with E-state index in [4.69, 9.17) is 11.6 Å². The predicted octanol–water partition coefficient (Wildman–Crippen LogP) is 4.02. The summed E-state index contributed by atoms with van der Waals surface area (Å²) in [5.74, 6) is -0.833. The number of aliphatic imine (C=N–C) groups is 1. The number of rotatable bonds is 4. The van der Waals surface area contributed by atoms with Crippen LogP contribution >= 0.6 is 23.4 Å². The minimum Gasteiger partial charge on any atom is -0.325 e. The molecule has 0 radical (unpaired) electrons. The molecule has 0 unspecified atom stereocenters. The Bertz CT molecular complexity index is 944. The molecule has 0 spiro atoms. The van der Waals surface area contributed by atoms with Crippen LogP contribution in [0.25, 0.3) is 6.08 Å². The summed E-state index contributed by atoms with van der Waals surface area (Å²) in [5.41, 5.74) is 1.38. The zero-order chi connectivity index (χ0) is 19.4. The zero-order valence-corrected chi connectivity index (χ0v) is 15.9. The molecule has 2 amide bonds. The molecular weight excluding hydrogens is 389 g/mol. The third-order valence-electron chi connectivity index (χ3n) is 3.64. The Hall–Kier alpha value is -2.64. The molecule has 5 nitrogen and oxygen atoms in total. The fourth-order valence-electron chi connectivity index (χ4n) is 2.32. The highest BCUT2D eigenvalue weighted by molar-refractivity contribution is 8.14. The van der Waals surface area contributed by atoms with Gasteiger partial charge in [0.15, 0.2) is 5.17 Å². The molecule has 2 aromatic carbocycles. The fourth-order valence-corrected chi connectivity index (χ4v) is 3.22. The zero-order valence-electron chi connectivity index (χ0n) is 14.3. The van der Waals surface area contributed by atoms with Crippen LogP contribution in [0.3, 0.4) is 0 Å². The van der Waals surface area contributed by atoms with Gasteiger partial charge in [-0.15, -0.1) is 0 Å². The van der Waals surface area contributed by atoms with Crippen molar-refractivity contribution in [3.8, 4) is 0 Å². The van der Waals surface area contributed by atoms with Crippen molar-refractivity contribution in [2.24, 2.45) is 4.99 Å². The van der Waals surface area contributed by atoms with Crippen molar-refractivity contribution >= 4 is 52.1 Å². The monoisotopic (exact) mass is 403 g/mol. The van der Waals surface area contributed by atoms with Gasteiger partial charge in [-0.2, -0.15) is 0 Å². The van der Waals surface area contributed by atoms with Gasteiger partial charge in [-0.05, 0) is 48.0 Å². The molecule has 2 aromatic rings. The molecule has 0 saturated heterocycles. The molecule has 138 valence electrons. The lowest BCUT2D eigenvalue weighted by Crippen LogP contribution is -2.27. The van der Waals surface area contributed by atoms with E-state index in [1.54, 1.807) is 43.4 Å². The summed E-state index contributed by atoms with van der Waals surface area (Å²) in [7, 11) is 1.58.